The molecule has 3 unspecified atom stereocenters. The van der Waals surface area contributed by atoms with E-state index in [1.54, 1.807) is 0 Å². The van der Waals surface area contributed by atoms with Crippen molar-refractivity contribution in [3.8, 4) is 0 Å². The Bertz CT molecular complexity index is 234. The fraction of sp³-hybridized carbons (Fsp3) is 1.00. The van der Waals surface area contributed by atoms with Gasteiger partial charge in [0.05, 0.1) is 5.60 Å². The van der Waals surface area contributed by atoms with Crippen LogP contribution in [-0.4, -0.2) is 16.7 Å². The lowest BCUT2D eigenvalue weighted by molar-refractivity contribution is -0.0695. The SMILES string of the molecule is NC1CC(O)(CC2CC3CCC2C3)C1. The van der Waals surface area contributed by atoms with E-state index in [0.717, 1.165) is 37.0 Å². The van der Waals surface area contributed by atoms with Crippen molar-refractivity contribution in [2.75, 3.05) is 0 Å². The highest BCUT2D eigenvalue weighted by molar-refractivity contribution is 5.01. The minimum absolute atomic E-state index is 0.276. The first-order valence-corrected chi connectivity index (χ1v) is 6.13. The summed E-state index contributed by atoms with van der Waals surface area (Å²) in [5, 5.41) is 10.2. The van der Waals surface area contributed by atoms with E-state index in [-0.39, 0.29) is 11.6 Å². The summed E-state index contributed by atoms with van der Waals surface area (Å²) in [6.07, 6.45) is 8.47. The molecule has 0 aromatic carbocycles. The molecule has 0 aromatic heterocycles. The molecular formula is C12H21NO. The Morgan fingerprint density at radius 3 is 2.50 bits per heavy atom. The first-order valence-electron chi connectivity index (χ1n) is 6.13. The third-order valence-electron chi connectivity index (χ3n) is 4.81. The molecule has 80 valence electrons. The summed E-state index contributed by atoms with van der Waals surface area (Å²) in [6.45, 7) is 0. The predicted octanol–water partition coefficient (Wildman–Crippen LogP) is 1.66. The van der Waals surface area contributed by atoms with Gasteiger partial charge in [-0.05, 0) is 56.3 Å². The van der Waals surface area contributed by atoms with Crippen molar-refractivity contribution in [2.45, 2.75) is 56.6 Å². The van der Waals surface area contributed by atoms with E-state index in [9.17, 15) is 5.11 Å². The van der Waals surface area contributed by atoms with Crippen molar-refractivity contribution in [3.05, 3.63) is 0 Å². The number of hydrogen-bond acceptors (Lipinski definition) is 2. The van der Waals surface area contributed by atoms with Gasteiger partial charge in [-0.25, -0.2) is 0 Å². The van der Waals surface area contributed by atoms with Crippen LogP contribution in [0, 0.1) is 17.8 Å². The zero-order valence-electron chi connectivity index (χ0n) is 8.78. The Morgan fingerprint density at radius 1 is 1.21 bits per heavy atom. The Hall–Kier alpha value is -0.0800. The first-order chi connectivity index (χ1) is 6.65. The van der Waals surface area contributed by atoms with Gasteiger partial charge in [0, 0.05) is 6.04 Å². The molecule has 3 N–H and O–H groups in total. The number of rotatable bonds is 2. The predicted molar refractivity (Wildman–Crippen MR) is 55.7 cm³/mol. The third kappa shape index (κ3) is 1.40. The standard InChI is InChI=1S/C12H21NO/c13-11-6-12(14,7-11)5-10-4-8-1-2-9(10)3-8/h8-11,14H,1-7,13H2. The van der Waals surface area contributed by atoms with Crippen LogP contribution in [0.25, 0.3) is 0 Å². The maximum absolute atomic E-state index is 10.2. The molecule has 2 nitrogen and oxygen atoms in total. The van der Waals surface area contributed by atoms with Crippen LogP contribution in [0.15, 0.2) is 0 Å². The Kier molecular flexibility index (Phi) is 1.94. The number of nitrogens with two attached hydrogens (primary N) is 1. The highest BCUT2D eigenvalue weighted by atomic mass is 16.3. The third-order valence-corrected chi connectivity index (χ3v) is 4.81. The normalized spacial score (nSPS) is 56.1. The first kappa shape index (κ1) is 9.17. The second-order valence-corrected chi connectivity index (χ2v) is 6.03. The molecule has 0 aromatic rings. The zero-order valence-corrected chi connectivity index (χ0v) is 8.78. The van der Waals surface area contributed by atoms with Crippen molar-refractivity contribution >= 4 is 0 Å². The number of hydrogen-bond donors (Lipinski definition) is 2. The van der Waals surface area contributed by atoms with Gasteiger partial charge in [0.15, 0.2) is 0 Å². The van der Waals surface area contributed by atoms with Gasteiger partial charge in [-0.1, -0.05) is 6.42 Å². The molecule has 3 aliphatic carbocycles. The van der Waals surface area contributed by atoms with Crippen LogP contribution in [0.3, 0.4) is 0 Å². The van der Waals surface area contributed by atoms with E-state index in [1.807, 2.05) is 0 Å². The number of aliphatic hydroxyl groups is 1. The van der Waals surface area contributed by atoms with Crippen molar-refractivity contribution in [3.63, 3.8) is 0 Å². The molecule has 3 saturated carbocycles. The second-order valence-electron chi connectivity index (χ2n) is 6.03. The van der Waals surface area contributed by atoms with Gasteiger partial charge in [0.1, 0.15) is 0 Å². The van der Waals surface area contributed by atoms with E-state index in [2.05, 4.69) is 0 Å². The molecule has 3 rings (SSSR count). The topological polar surface area (TPSA) is 46.2 Å². The molecule has 0 heterocycles. The summed E-state index contributed by atoms with van der Waals surface area (Å²) >= 11 is 0. The molecule has 3 atom stereocenters. The summed E-state index contributed by atoms with van der Waals surface area (Å²) in [7, 11) is 0. The van der Waals surface area contributed by atoms with E-state index >= 15 is 0 Å². The van der Waals surface area contributed by atoms with Gasteiger partial charge < -0.3 is 10.8 Å². The largest absolute Gasteiger partial charge is 0.390 e. The molecule has 0 spiro atoms. The highest BCUT2D eigenvalue weighted by Crippen LogP contribution is 2.52. The van der Waals surface area contributed by atoms with E-state index in [1.165, 1.54) is 25.7 Å². The van der Waals surface area contributed by atoms with E-state index in [4.69, 9.17) is 5.73 Å². The lowest BCUT2D eigenvalue weighted by Crippen LogP contribution is -2.52. The van der Waals surface area contributed by atoms with Gasteiger partial charge in [0.25, 0.3) is 0 Å². The smallest absolute Gasteiger partial charge is 0.0680 e. The summed E-state index contributed by atoms with van der Waals surface area (Å²) in [6, 6.07) is 0.276. The average molecular weight is 195 g/mol. The van der Waals surface area contributed by atoms with Crippen molar-refractivity contribution < 1.29 is 5.11 Å². The molecule has 3 fully saturated rings. The van der Waals surface area contributed by atoms with E-state index < -0.39 is 0 Å². The summed E-state index contributed by atoms with van der Waals surface area (Å²) in [5.41, 5.74) is 5.38. The van der Waals surface area contributed by atoms with E-state index in [0.29, 0.717) is 0 Å². The minimum atomic E-state index is -0.367. The fourth-order valence-electron chi connectivity index (χ4n) is 4.20. The van der Waals surface area contributed by atoms with Crippen molar-refractivity contribution in [2.24, 2.45) is 23.5 Å². The molecule has 0 aliphatic heterocycles. The Balaban J connectivity index is 1.58. The zero-order chi connectivity index (χ0) is 9.76. The molecular weight excluding hydrogens is 174 g/mol. The van der Waals surface area contributed by atoms with Crippen molar-refractivity contribution in [1.29, 1.82) is 0 Å². The van der Waals surface area contributed by atoms with Gasteiger partial charge in [-0.3, -0.25) is 0 Å². The number of fused-ring (bicyclic) bond motifs is 2. The lowest BCUT2D eigenvalue weighted by Gasteiger charge is -2.44. The van der Waals surface area contributed by atoms with Crippen LogP contribution in [0.1, 0.15) is 44.9 Å². The van der Waals surface area contributed by atoms with Crippen LogP contribution >= 0.6 is 0 Å². The summed E-state index contributed by atoms with van der Waals surface area (Å²) < 4.78 is 0. The second kappa shape index (κ2) is 2.96. The molecule has 0 saturated heterocycles. The quantitative estimate of drug-likeness (QED) is 0.704. The van der Waals surface area contributed by atoms with Crippen LogP contribution in [0.2, 0.25) is 0 Å². The van der Waals surface area contributed by atoms with Crippen molar-refractivity contribution in [1.82, 2.24) is 0 Å². The lowest BCUT2D eigenvalue weighted by atomic mass is 9.68. The van der Waals surface area contributed by atoms with Gasteiger partial charge in [-0.15, -0.1) is 0 Å². The molecule has 0 radical (unpaired) electrons. The molecule has 0 amide bonds. The van der Waals surface area contributed by atoms with Crippen LogP contribution < -0.4 is 5.73 Å². The van der Waals surface area contributed by atoms with Gasteiger partial charge in [0.2, 0.25) is 0 Å². The van der Waals surface area contributed by atoms with Gasteiger partial charge >= 0.3 is 0 Å². The minimum Gasteiger partial charge on any atom is -0.390 e. The summed E-state index contributed by atoms with van der Waals surface area (Å²) in [5.74, 6) is 2.77. The highest BCUT2D eigenvalue weighted by Gasteiger charge is 2.47. The maximum atomic E-state index is 10.2. The van der Waals surface area contributed by atoms with Crippen LogP contribution in [0.4, 0.5) is 0 Å². The Morgan fingerprint density at radius 2 is 2.00 bits per heavy atom. The monoisotopic (exact) mass is 195 g/mol. The molecule has 3 aliphatic rings. The van der Waals surface area contributed by atoms with Gasteiger partial charge in [-0.2, -0.15) is 0 Å². The average Bonchev–Trinajstić information content (AvgIpc) is 2.61. The van der Waals surface area contributed by atoms with Crippen LogP contribution in [0.5, 0.6) is 0 Å². The van der Waals surface area contributed by atoms with Crippen LogP contribution in [-0.2, 0) is 0 Å². The summed E-state index contributed by atoms with van der Waals surface area (Å²) in [4.78, 5) is 0. The molecule has 2 bridgehead atoms. The maximum Gasteiger partial charge on any atom is 0.0680 e. The Labute approximate surface area is 85.9 Å². The molecule has 14 heavy (non-hydrogen) atoms. The fourth-order valence-corrected chi connectivity index (χ4v) is 4.20. The molecule has 2 heteroatoms.